The van der Waals surface area contributed by atoms with Crippen molar-refractivity contribution in [1.82, 2.24) is 15.0 Å². The van der Waals surface area contributed by atoms with Gasteiger partial charge in [-0.25, -0.2) is 9.97 Å². The van der Waals surface area contributed by atoms with E-state index in [0.29, 0.717) is 44.4 Å². The van der Waals surface area contributed by atoms with Crippen LogP contribution in [-0.2, 0) is 24.6 Å². The minimum atomic E-state index is -0.621. The van der Waals surface area contributed by atoms with E-state index >= 15 is 0 Å². The Kier molecular flexibility index (Phi) is 6.17. The molecule has 0 bridgehead atoms. The number of nitrogens with one attached hydrogen (secondary N) is 2. The fourth-order valence-corrected chi connectivity index (χ4v) is 3.70. The van der Waals surface area contributed by atoms with Crippen LogP contribution in [0.25, 0.3) is 22.2 Å². The normalized spacial score (nSPS) is 18.4. The summed E-state index contributed by atoms with van der Waals surface area (Å²) in [5.41, 5.74) is 2.56. The number of carbonyl (C=O) groups is 1. The van der Waals surface area contributed by atoms with Crippen LogP contribution in [0.3, 0.4) is 0 Å². The maximum atomic E-state index is 11.4. The number of ether oxygens (including phenoxy) is 4. The Morgan fingerprint density at radius 3 is 2.87 bits per heavy atom. The van der Waals surface area contributed by atoms with E-state index in [1.165, 1.54) is 6.92 Å². The number of hydrogen-bond donors (Lipinski definition) is 2. The number of rotatable bonds is 8. The molecule has 0 radical (unpaired) electrons. The largest absolute Gasteiger partial charge is 0.491 e. The highest BCUT2D eigenvalue weighted by molar-refractivity contribution is 5.97. The minimum Gasteiger partial charge on any atom is -0.491 e. The molecule has 9 nitrogen and oxygen atoms in total. The summed E-state index contributed by atoms with van der Waals surface area (Å²) in [6.07, 6.45) is 4.27. The number of anilines is 1. The van der Waals surface area contributed by atoms with Crippen molar-refractivity contribution in [2.75, 3.05) is 46.0 Å². The molecule has 1 saturated heterocycles. The molecule has 1 aliphatic rings. The fourth-order valence-electron chi connectivity index (χ4n) is 3.70. The van der Waals surface area contributed by atoms with Gasteiger partial charge in [-0.1, -0.05) is 0 Å². The summed E-state index contributed by atoms with van der Waals surface area (Å²) in [4.78, 5) is 23.9. The Morgan fingerprint density at radius 1 is 1.29 bits per heavy atom. The molecule has 31 heavy (non-hydrogen) atoms. The molecular weight excluding hydrogens is 400 g/mol. The average molecular weight is 426 g/mol. The summed E-state index contributed by atoms with van der Waals surface area (Å²) < 4.78 is 22.5. The molecule has 1 unspecified atom stereocenters. The molecular formula is C22H26N4O5. The van der Waals surface area contributed by atoms with Crippen molar-refractivity contribution in [3.63, 3.8) is 0 Å². The zero-order chi connectivity index (χ0) is 21.8. The number of aromatic amines is 1. The SMILES string of the molecule is COCCOc1cc(-c2c[nH]c3cnc(NC(C)=O)cc23)nc(C2(OC)CCOC2)c1. The highest BCUT2D eigenvalue weighted by Gasteiger charge is 2.39. The van der Waals surface area contributed by atoms with Crippen molar-refractivity contribution in [2.45, 2.75) is 18.9 Å². The van der Waals surface area contributed by atoms with Crippen molar-refractivity contribution in [3.05, 3.63) is 36.3 Å². The van der Waals surface area contributed by atoms with Gasteiger partial charge in [0.05, 0.1) is 36.3 Å². The van der Waals surface area contributed by atoms with Gasteiger partial charge in [0.15, 0.2) is 0 Å². The highest BCUT2D eigenvalue weighted by atomic mass is 16.6. The molecule has 1 amide bonds. The predicted molar refractivity (Wildman–Crippen MR) is 115 cm³/mol. The molecule has 0 saturated carbocycles. The Labute approximate surface area is 180 Å². The molecule has 9 heteroatoms. The molecule has 1 atom stereocenters. The van der Waals surface area contributed by atoms with Gasteiger partial charge in [-0.05, 0) is 6.07 Å². The molecule has 0 aromatic carbocycles. The van der Waals surface area contributed by atoms with E-state index in [4.69, 9.17) is 23.9 Å². The summed E-state index contributed by atoms with van der Waals surface area (Å²) in [5, 5.41) is 3.61. The molecule has 4 heterocycles. The first-order valence-electron chi connectivity index (χ1n) is 10.1. The number of nitrogens with zero attached hydrogens (tertiary/aromatic N) is 2. The number of pyridine rings is 2. The lowest BCUT2D eigenvalue weighted by Gasteiger charge is -2.26. The number of aromatic nitrogens is 3. The maximum Gasteiger partial charge on any atom is 0.222 e. The van der Waals surface area contributed by atoms with Gasteiger partial charge in [-0.15, -0.1) is 0 Å². The van der Waals surface area contributed by atoms with E-state index in [1.807, 2.05) is 24.4 Å². The fraction of sp³-hybridized carbons (Fsp3) is 0.409. The minimum absolute atomic E-state index is 0.179. The third-order valence-corrected chi connectivity index (χ3v) is 5.34. The van der Waals surface area contributed by atoms with Crippen molar-refractivity contribution < 1.29 is 23.7 Å². The van der Waals surface area contributed by atoms with Gasteiger partial charge in [-0.2, -0.15) is 0 Å². The van der Waals surface area contributed by atoms with E-state index in [2.05, 4.69) is 15.3 Å². The Hall–Kier alpha value is -3.01. The van der Waals surface area contributed by atoms with Crippen molar-refractivity contribution >= 4 is 22.6 Å². The lowest BCUT2D eigenvalue weighted by molar-refractivity contribution is -0.114. The standard InChI is InChI=1S/C22H26N4O5/c1-14(27)25-21-10-16-17(11-23-19(16)12-24-21)18-8-15(31-7-6-28-2)9-20(26-18)22(29-3)4-5-30-13-22/h8-12,23H,4-7,13H2,1-3H3,(H,24,25,27). The third kappa shape index (κ3) is 4.39. The first-order chi connectivity index (χ1) is 15.0. The van der Waals surface area contributed by atoms with E-state index in [9.17, 15) is 4.79 Å². The van der Waals surface area contributed by atoms with Gasteiger partial charge >= 0.3 is 0 Å². The van der Waals surface area contributed by atoms with Crippen LogP contribution in [0.4, 0.5) is 5.82 Å². The van der Waals surface area contributed by atoms with Crippen LogP contribution in [0.15, 0.2) is 30.6 Å². The summed E-state index contributed by atoms with van der Waals surface area (Å²) in [6.45, 7) is 3.39. The summed E-state index contributed by atoms with van der Waals surface area (Å²) in [7, 11) is 3.31. The molecule has 2 N–H and O–H groups in total. The molecule has 0 aliphatic carbocycles. The van der Waals surface area contributed by atoms with Crippen LogP contribution in [0, 0.1) is 0 Å². The van der Waals surface area contributed by atoms with Gasteiger partial charge < -0.3 is 29.2 Å². The van der Waals surface area contributed by atoms with Gasteiger partial charge in [0.2, 0.25) is 5.91 Å². The molecule has 1 aliphatic heterocycles. The first kappa shape index (κ1) is 21.2. The van der Waals surface area contributed by atoms with Gasteiger partial charge in [0.1, 0.15) is 23.8 Å². The smallest absolute Gasteiger partial charge is 0.222 e. The number of hydrogen-bond acceptors (Lipinski definition) is 7. The second kappa shape index (κ2) is 9.01. The van der Waals surface area contributed by atoms with Crippen LogP contribution >= 0.6 is 0 Å². The Bertz CT molecular complexity index is 1070. The Morgan fingerprint density at radius 2 is 2.16 bits per heavy atom. The molecule has 1 fully saturated rings. The monoisotopic (exact) mass is 426 g/mol. The number of amides is 1. The topological polar surface area (TPSA) is 108 Å². The average Bonchev–Trinajstić information content (AvgIpc) is 3.41. The maximum absolute atomic E-state index is 11.4. The number of carbonyl (C=O) groups excluding carboxylic acids is 1. The van der Waals surface area contributed by atoms with Crippen molar-refractivity contribution in [1.29, 1.82) is 0 Å². The van der Waals surface area contributed by atoms with Crippen molar-refractivity contribution in [2.24, 2.45) is 0 Å². The third-order valence-electron chi connectivity index (χ3n) is 5.34. The van der Waals surface area contributed by atoms with E-state index < -0.39 is 5.60 Å². The molecule has 3 aromatic heterocycles. The van der Waals surface area contributed by atoms with Crippen LogP contribution in [0.5, 0.6) is 5.75 Å². The van der Waals surface area contributed by atoms with Crippen LogP contribution in [-0.4, -0.2) is 61.5 Å². The van der Waals surface area contributed by atoms with Gasteiger partial charge in [-0.3, -0.25) is 4.79 Å². The van der Waals surface area contributed by atoms with Gasteiger partial charge in [0.25, 0.3) is 0 Å². The van der Waals surface area contributed by atoms with Crippen LogP contribution in [0.1, 0.15) is 19.0 Å². The summed E-state index contributed by atoms with van der Waals surface area (Å²) in [6, 6.07) is 5.61. The molecule has 3 aromatic rings. The number of H-pyrrole nitrogens is 1. The Balaban J connectivity index is 1.80. The van der Waals surface area contributed by atoms with Crippen LogP contribution in [0.2, 0.25) is 0 Å². The summed E-state index contributed by atoms with van der Waals surface area (Å²) in [5.74, 6) is 0.971. The molecule has 164 valence electrons. The first-order valence-corrected chi connectivity index (χ1v) is 10.1. The zero-order valence-corrected chi connectivity index (χ0v) is 17.9. The van der Waals surface area contributed by atoms with E-state index in [-0.39, 0.29) is 5.91 Å². The lowest BCUT2D eigenvalue weighted by Crippen LogP contribution is -2.30. The summed E-state index contributed by atoms with van der Waals surface area (Å²) >= 11 is 0. The molecule has 0 spiro atoms. The second-order valence-corrected chi connectivity index (χ2v) is 7.41. The highest BCUT2D eigenvalue weighted by Crippen LogP contribution is 2.37. The van der Waals surface area contributed by atoms with E-state index in [1.54, 1.807) is 20.4 Å². The zero-order valence-electron chi connectivity index (χ0n) is 17.9. The number of fused-ring (bicyclic) bond motifs is 1. The quantitative estimate of drug-likeness (QED) is 0.533. The van der Waals surface area contributed by atoms with E-state index in [0.717, 1.165) is 27.9 Å². The van der Waals surface area contributed by atoms with Gasteiger partial charge in [0, 0.05) is 63.5 Å². The predicted octanol–water partition coefficient (Wildman–Crippen LogP) is 2.87. The van der Waals surface area contributed by atoms with Crippen LogP contribution < -0.4 is 10.1 Å². The molecule has 4 rings (SSSR count). The second-order valence-electron chi connectivity index (χ2n) is 7.41. The lowest BCUT2D eigenvalue weighted by atomic mass is 9.96. The van der Waals surface area contributed by atoms with Crippen molar-refractivity contribution in [3.8, 4) is 17.0 Å². The number of methoxy groups -OCH3 is 2.